The number of benzene rings is 1. The minimum absolute atomic E-state index is 0.189. The number of halogens is 1. The van der Waals surface area contributed by atoms with E-state index in [0.29, 0.717) is 31.5 Å². The first kappa shape index (κ1) is 12.8. The third kappa shape index (κ3) is 2.46. The van der Waals surface area contributed by atoms with Crippen LogP contribution in [0.5, 0.6) is 0 Å². The minimum atomic E-state index is -0.430. The fourth-order valence-electron chi connectivity index (χ4n) is 2.20. The van der Waals surface area contributed by atoms with E-state index in [0.717, 1.165) is 0 Å². The molecule has 0 saturated carbocycles. The van der Waals surface area contributed by atoms with Crippen molar-refractivity contribution in [1.29, 1.82) is 0 Å². The van der Waals surface area contributed by atoms with Crippen LogP contribution < -0.4 is 5.32 Å². The Morgan fingerprint density at radius 1 is 1.44 bits per heavy atom. The number of anilines is 1. The van der Waals surface area contributed by atoms with Crippen LogP contribution in [0.15, 0.2) is 18.2 Å². The summed E-state index contributed by atoms with van der Waals surface area (Å²) in [4.78, 5) is 13.9. The van der Waals surface area contributed by atoms with Crippen molar-refractivity contribution in [2.45, 2.75) is 18.9 Å². The zero-order valence-electron chi connectivity index (χ0n) is 10.3. The number of hydrogen-bond acceptors (Lipinski definition) is 3. The topological polar surface area (TPSA) is 52.6 Å². The Balaban J connectivity index is 2.21. The first-order valence-corrected chi connectivity index (χ1v) is 6.07. The van der Waals surface area contributed by atoms with Crippen molar-refractivity contribution in [3.05, 3.63) is 29.6 Å². The molecule has 1 aliphatic heterocycles. The van der Waals surface area contributed by atoms with Crippen molar-refractivity contribution >= 4 is 11.6 Å². The van der Waals surface area contributed by atoms with Crippen LogP contribution in [-0.2, 0) is 0 Å². The van der Waals surface area contributed by atoms with E-state index < -0.39 is 5.82 Å². The highest BCUT2D eigenvalue weighted by Gasteiger charge is 2.24. The van der Waals surface area contributed by atoms with E-state index in [4.69, 9.17) is 0 Å². The molecular weight excluding hydrogens is 235 g/mol. The Bertz CT molecular complexity index is 443. The Kier molecular flexibility index (Phi) is 3.81. The van der Waals surface area contributed by atoms with Gasteiger partial charge in [-0.25, -0.2) is 4.39 Å². The number of aliphatic hydroxyl groups excluding tert-OH is 1. The van der Waals surface area contributed by atoms with Gasteiger partial charge in [-0.15, -0.1) is 0 Å². The van der Waals surface area contributed by atoms with Gasteiger partial charge in [0.1, 0.15) is 5.82 Å². The molecule has 4 nitrogen and oxygen atoms in total. The molecule has 98 valence electrons. The first-order chi connectivity index (χ1) is 8.63. The molecule has 1 amide bonds. The lowest BCUT2D eigenvalue weighted by molar-refractivity contribution is 0.0547. The number of piperidine rings is 1. The second-order valence-corrected chi connectivity index (χ2v) is 4.44. The van der Waals surface area contributed by atoms with E-state index in [9.17, 15) is 14.3 Å². The Morgan fingerprint density at radius 3 is 2.72 bits per heavy atom. The number of likely N-dealkylation sites (tertiary alicyclic amines) is 1. The molecule has 0 aromatic heterocycles. The molecule has 2 N–H and O–H groups in total. The van der Waals surface area contributed by atoms with Crippen molar-refractivity contribution in [3.8, 4) is 0 Å². The maximum atomic E-state index is 13.6. The van der Waals surface area contributed by atoms with Gasteiger partial charge in [0.2, 0.25) is 0 Å². The Hall–Kier alpha value is -1.62. The molecule has 0 atom stereocenters. The van der Waals surface area contributed by atoms with Crippen LogP contribution in [0.1, 0.15) is 23.2 Å². The van der Waals surface area contributed by atoms with Crippen LogP contribution >= 0.6 is 0 Å². The largest absolute Gasteiger partial charge is 0.393 e. The van der Waals surface area contributed by atoms with Crippen molar-refractivity contribution in [3.63, 3.8) is 0 Å². The van der Waals surface area contributed by atoms with Gasteiger partial charge in [-0.1, -0.05) is 6.07 Å². The summed E-state index contributed by atoms with van der Waals surface area (Å²) in [7, 11) is 1.59. The lowest BCUT2D eigenvalue weighted by Gasteiger charge is -2.30. The number of nitrogens with one attached hydrogen (secondary N) is 1. The average molecular weight is 252 g/mol. The summed E-state index contributed by atoms with van der Waals surface area (Å²) in [6.45, 7) is 1.03. The van der Waals surface area contributed by atoms with Gasteiger partial charge >= 0.3 is 0 Å². The predicted octanol–water partition coefficient (Wildman–Crippen LogP) is 1.46. The highest BCUT2D eigenvalue weighted by atomic mass is 19.1. The van der Waals surface area contributed by atoms with Crippen LogP contribution in [0.25, 0.3) is 0 Å². The monoisotopic (exact) mass is 252 g/mol. The second-order valence-electron chi connectivity index (χ2n) is 4.44. The SMILES string of the molecule is CNc1c(F)cccc1C(=O)N1CCC(O)CC1. The second kappa shape index (κ2) is 5.35. The molecule has 1 aromatic rings. The molecule has 1 saturated heterocycles. The maximum Gasteiger partial charge on any atom is 0.256 e. The lowest BCUT2D eigenvalue weighted by Crippen LogP contribution is -2.40. The van der Waals surface area contributed by atoms with Gasteiger partial charge in [0.25, 0.3) is 5.91 Å². The van der Waals surface area contributed by atoms with Gasteiger partial charge < -0.3 is 15.3 Å². The standard InChI is InChI=1S/C13H17FN2O2/c1-15-12-10(3-2-4-11(12)14)13(18)16-7-5-9(17)6-8-16/h2-4,9,15,17H,5-8H2,1H3. The van der Waals surface area contributed by atoms with Crippen LogP contribution in [0.2, 0.25) is 0 Å². The van der Waals surface area contributed by atoms with E-state index in [1.165, 1.54) is 12.1 Å². The molecule has 2 rings (SSSR count). The summed E-state index contributed by atoms with van der Waals surface area (Å²) in [5.74, 6) is -0.619. The molecule has 1 aromatic carbocycles. The molecule has 0 unspecified atom stereocenters. The van der Waals surface area contributed by atoms with Crippen LogP contribution in [0.3, 0.4) is 0 Å². The summed E-state index contributed by atoms with van der Waals surface area (Å²) < 4.78 is 13.6. The molecular formula is C13H17FN2O2. The molecule has 0 aliphatic carbocycles. The zero-order chi connectivity index (χ0) is 13.1. The highest BCUT2D eigenvalue weighted by molar-refractivity contribution is 5.99. The molecule has 1 heterocycles. The average Bonchev–Trinajstić information content (AvgIpc) is 2.38. The van der Waals surface area contributed by atoms with Gasteiger partial charge in [-0.05, 0) is 25.0 Å². The fraction of sp³-hybridized carbons (Fsp3) is 0.462. The van der Waals surface area contributed by atoms with Gasteiger partial charge in [-0.2, -0.15) is 0 Å². The van der Waals surface area contributed by atoms with Gasteiger partial charge in [0, 0.05) is 20.1 Å². The van der Waals surface area contributed by atoms with Crippen LogP contribution in [0.4, 0.5) is 10.1 Å². The van der Waals surface area contributed by atoms with Crippen molar-refractivity contribution in [2.24, 2.45) is 0 Å². The van der Waals surface area contributed by atoms with E-state index in [2.05, 4.69) is 5.32 Å². The number of aliphatic hydroxyl groups is 1. The Labute approximate surface area is 105 Å². The summed E-state index contributed by atoms with van der Waals surface area (Å²) in [6, 6.07) is 4.47. The number of carbonyl (C=O) groups is 1. The minimum Gasteiger partial charge on any atom is -0.393 e. The summed E-state index contributed by atoms with van der Waals surface area (Å²) >= 11 is 0. The summed E-state index contributed by atoms with van der Waals surface area (Å²) in [5.41, 5.74) is 0.572. The highest BCUT2D eigenvalue weighted by Crippen LogP contribution is 2.22. The van der Waals surface area contributed by atoms with Crippen LogP contribution in [0, 0.1) is 5.82 Å². The normalized spacial score (nSPS) is 16.7. The molecule has 0 bridgehead atoms. The molecule has 0 radical (unpaired) electrons. The van der Waals surface area contributed by atoms with Gasteiger partial charge in [0.05, 0.1) is 17.4 Å². The van der Waals surface area contributed by atoms with E-state index in [-0.39, 0.29) is 17.7 Å². The lowest BCUT2D eigenvalue weighted by atomic mass is 10.1. The van der Waals surface area contributed by atoms with E-state index in [1.54, 1.807) is 18.0 Å². The first-order valence-electron chi connectivity index (χ1n) is 6.07. The molecule has 18 heavy (non-hydrogen) atoms. The third-order valence-corrected chi connectivity index (χ3v) is 3.25. The molecule has 5 heteroatoms. The third-order valence-electron chi connectivity index (χ3n) is 3.25. The summed E-state index contributed by atoms with van der Waals surface area (Å²) in [6.07, 6.45) is 0.830. The maximum absolute atomic E-state index is 13.6. The number of para-hydroxylation sites is 1. The van der Waals surface area contributed by atoms with Crippen LogP contribution in [-0.4, -0.2) is 42.2 Å². The zero-order valence-corrected chi connectivity index (χ0v) is 10.3. The number of nitrogens with zero attached hydrogens (tertiary/aromatic N) is 1. The van der Waals surface area contributed by atoms with E-state index in [1.807, 2.05) is 0 Å². The van der Waals surface area contributed by atoms with Crippen molar-refractivity contribution in [2.75, 3.05) is 25.5 Å². The number of amides is 1. The van der Waals surface area contributed by atoms with Crippen molar-refractivity contribution < 1.29 is 14.3 Å². The van der Waals surface area contributed by atoms with Crippen molar-refractivity contribution in [1.82, 2.24) is 4.90 Å². The van der Waals surface area contributed by atoms with Gasteiger partial charge in [0.15, 0.2) is 0 Å². The number of carbonyl (C=O) groups excluding carboxylic acids is 1. The fourth-order valence-corrected chi connectivity index (χ4v) is 2.20. The van der Waals surface area contributed by atoms with Gasteiger partial charge in [-0.3, -0.25) is 4.79 Å². The van der Waals surface area contributed by atoms with E-state index >= 15 is 0 Å². The molecule has 1 fully saturated rings. The molecule has 1 aliphatic rings. The Morgan fingerprint density at radius 2 is 2.11 bits per heavy atom. The quantitative estimate of drug-likeness (QED) is 0.838. The summed E-state index contributed by atoms with van der Waals surface area (Å²) in [5, 5.41) is 12.1. The number of hydrogen-bond donors (Lipinski definition) is 2. The predicted molar refractivity (Wildman–Crippen MR) is 67.1 cm³/mol. The molecule has 0 spiro atoms. The smallest absolute Gasteiger partial charge is 0.256 e. The number of rotatable bonds is 2.